The number of alkyl carbamates (subject to hydrolysis) is 1. The van der Waals surface area contributed by atoms with Crippen LogP contribution < -0.4 is 5.32 Å². The molecule has 27 heavy (non-hydrogen) atoms. The summed E-state index contributed by atoms with van der Waals surface area (Å²) in [6, 6.07) is 7.29. The number of rotatable bonds is 3. The Balaban J connectivity index is 2.27. The van der Waals surface area contributed by atoms with Crippen molar-refractivity contribution in [3.8, 4) is 0 Å². The summed E-state index contributed by atoms with van der Waals surface area (Å²) in [5.74, 6) is -1.09. The average Bonchev–Trinajstić information content (AvgIpc) is 2.52. The van der Waals surface area contributed by atoms with Crippen LogP contribution in [0.3, 0.4) is 0 Å². The summed E-state index contributed by atoms with van der Waals surface area (Å²) < 4.78 is 44.2. The Bertz CT molecular complexity index is 671. The molecular weight excluding hydrogens is 361 g/mol. The third-order valence-electron chi connectivity index (χ3n) is 4.41. The van der Waals surface area contributed by atoms with E-state index in [9.17, 15) is 22.8 Å². The molecule has 0 aromatic heterocycles. The predicted molar refractivity (Wildman–Crippen MR) is 94.2 cm³/mol. The molecular formula is C19H25F3N2O3. The maximum atomic E-state index is 13.0. The zero-order valence-corrected chi connectivity index (χ0v) is 15.8. The summed E-state index contributed by atoms with van der Waals surface area (Å²) in [5, 5.41) is 2.44. The van der Waals surface area contributed by atoms with E-state index in [0.29, 0.717) is 0 Å². The van der Waals surface area contributed by atoms with Crippen LogP contribution in [-0.2, 0) is 9.53 Å². The van der Waals surface area contributed by atoms with E-state index in [1.54, 1.807) is 39.8 Å². The SMILES string of the molecule is C[C@H]1[C@@H](c2ccccc2)C[C@@H](NC(=O)OC(C)(C)C)C(=O)N1CC(F)(F)F. The second kappa shape index (κ2) is 7.78. The van der Waals surface area contributed by atoms with E-state index in [1.165, 1.54) is 0 Å². The van der Waals surface area contributed by atoms with Gasteiger partial charge >= 0.3 is 12.3 Å². The fourth-order valence-electron chi connectivity index (χ4n) is 3.27. The molecule has 1 aromatic carbocycles. The van der Waals surface area contributed by atoms with E-state index in [0.717, 1.165) is 10.5 Å². The van der Waals surface area contributed by atoms with Gasteiger partial charge in [0, 0.05) is 12.0 Å². The van der Waals surface area contributed by atoms with Crippen molar-refractivity contribution in [1.82, 2.24) is 10.2 Å². The van der Waals surface area contributed by atoms with Gasteiger partial charge in [0.15, 0.2) is 0 Å². The van der Waals surface area contributed by atoms with Crippen molar-refractivity contribution in [2.24, 2.45) is 0 Å². The first-order valence-corrected chi connectivity index (χ1v) is 8.79. The van der Waals surface area contributed by atoms with E-state index in [4.69, 9.17) is 4.74 Å². The molecule has 0 bridgehead atoms. The highest BCUT2D eigenvalue weighted by atomic mass is 19.4. The van der Waals surface area contributed by atoms with Gasteiger partial charge in [-0.3, -0.25) is 4.79 Å². The minimum atomic E-state index is -4.53. The third-order valence-corrected chi connectivity index (χ3v) is 4.41. The Labute approximate surface area is 156 Å². The van der Waals surface area contributed by atoms with E-state index >= 15 is 0 Å². The number of halogens is 3. The van der Waals surface area contributed by atoms with Crippen molar-refractivity contribution in [2.75, 3.05) is 6.54 Å². The van der Waals surface area contributed by atoms with Gasteiger partial charge in [0.25, 0.3) is 0 Å². The van der Waals surface area contributed by atoms with Gasteiger partial charge in [0.05, 0.1) is 0 Å². The van der Waals surface area contributed by atoms with E-state index in [1.807, 2.05) is 18.2 Å². The first-order chi connectivity index (χ1) is 12.4. The van der Waals surface area contributed by atoms with Gasteiger partial charge in [-0.1, -0.05) is 30.3 Å². The zero-order chi connectivity index (χ0) is 20.4. The molecule has 5 nitrogen and oxygen atoms in total. The van der Waals surface area contributed by atoms with Gasteiger partial charge in [-0.25, -0.2) is 4.79 Å². The van der Waals surface area contributed by atoms with Crippen LogP contribution in [0.4, 0.5) is 18.0 Å². The Kier molecular flexibility index (Phi) is 6.07. The second-order valence-corrected chi connectivity index (χ2v) is 7.77. The summed E-state index contributed by atoms with van der Waals surface area (Å²) in [6.07, 6.45) is -5.15. The van der Waals surface area contributed by atoms with Crippen molar-refractivity contribution >= 4 is 12.0 Å². The number of alkyl halides is 3. The summed E-state index contributed by atoms with van der Waals surface area (Å²) in [6.45, 7) is 5.24. The number of nitrogens with zero attached hydrogens (tertiary/aromatic N) is 1. The number of likely N-dealkylation sites (tertiary alicyclic amines) is 1. The Morgan fingerprint density at radius 1 is 1.22 bits per heavy atom. The standard InChI is InChI=1S/C19H25F3N2O3/c1-12-14(13-8-6-5-7-9-13)10-15(23-17(26)27-18(2,3)4)16(25)24(12)11-19(20,21)22/h5-9,12,14-15H,10-11H2,1-4H3,(H,23,26)/t12-,14-,15+/m0/s1. The molecule has 1 fully saturated rings. The van der Waals surface area contributed by atoms with Crippen LogP contribution in [-0.4, -0.2) is 47.3 Å². The molecule has 150 valence electrons. The van der Waals surface area contributed by atoms with Crippen LogP contribution in [0, 0.1) is 0 Å². The first kappa shape index (κ1) is 21.1. The maximum Gasteiger partial charge on any atom is 0.408 e. The predicted octanol–water partition coefficient (Wildman–Crippen LogP) is 3.85. The summed E-state index contributed by atoms with van der Waals surface area (Å²) in [4.78, 5) is 25.5. The molecule has 1 aromatic rings. The number of carbonyl (C=O) groups excluding carboxylic acids is 2. The summed E-state index contributed by atoms with van der Waals surface area (Å²) in [5.41, 5.74) is 0.0419. The first-order valence-electron chi connectivity index (χ1n) is 8.79. The highest BCUT2D eigenvalue weighted by Gasteiger charge is 2.45. The molecule has 3 atom stereocenters. The highest BCUT2D eigenvalue weighted by molar-refractivity contribution is 5.87. The van der Waals surface area contributed by atoms with Gasteiger partial charge in [-0.2, -0.15) is 13.2 Å². The number of piperidine rings is 1. The number of hydrogen-bond donors (Lipinski definition) is 1. The topological polar surface area (TPSA) is 58.6 Å². The van der Waals surface area contributed by atoms with Gasteiger partial charge in [0.2, 0.25) is 5.91 Å². The monoisotopic (exact) mass is 386 g/mol. The second-order valence-electron chi connectivity index (χ2n) is 7.77. The smallest absolute Gasteiger partial charge is 0.408 e. The molecule has 2 rings (SSSR count). The Morgan fingerprint density at radius 2 is 1.81 bits per heavy atom. The molecule has 0 spiro atoms. The van der Waals surface area contributed by atoms with Crippen LogP contribution >= 0.6 is 0 Å². The van der Waals surface area contributed by atoms with Gasteiger partial charge in [-0.15, -0.1) is 0 Å². The lowest BCUT2D eigenvalue weighted by atomic mass is 9.82. The normalized spacial score (nSPS) is 23.9. The van der Waals surface area contributed by atoms with Crippen LogP contribution in [0.1, 0.15) is 45.6 Å². The number of carbonyl (C=O) groups is 2. The van der Waals surface area contributed by atoms with E-state index in [-0.39, 0.29) is 12.3 Å². The lowest BCUT2D eigenvalue weighted by Crippen LogP contribution is -2.60. The van der Waals surface area contributed by atoms with E-state index < -0.39 is 42.4 Å². The molecule has 1 saturated heterocycles. The van der Waals surface area contributed by atoms with Crippen molar-refractivity contribution in [1.29, 1.82) is 0 Å². The molecule has 1 aliphatic heterocycles. The van der Waals surface area contributed by atoms with Gasteiger partial charge in [0.1, 0.15) is 18.2 Å². The van der Waals surface area contributed by atoms with Crippen molar-refractivity contribution in [2.45, 2.75) is 63.9 Å². The van der Waals surface area contributed by atoms with Gasteiger partial charge < -0.3 is 15.0 Å². The molecule has 0 radical (unpaired) electrons. The average molecular weight is 386 g/mol. The fraction of sp³-hybridized carbons (Fsp3) is 0.579. The molecule has 0 aliphatic carbocycles. The molecule has 2 amide bonds. The molecule has 0 unspecified atom stereocenters. The lowest BCUT2D eigenvalue weighted by Gasteiger charge is -2.43. The number of ether oxygens (including phenoxy) is 1. The van der Waals surface area contributed by atoms with Crippen LogP contribution in [0.2, 0.25) is 0 Å². The van der Waals surface area contributed by atoms with Crippen molar-refractivity contribution < 1.29 is 27.5 Å². The minimum absolute atomic E-state index is 0.206. The summed E-state index contributed by atoms with van der Waals surface area (Å²) in [7, 11) is 0. The molecule has 8 heteroatoms. The number of hydrogen-bond acceptors (Lipinski definition) is 3. The molecule has 0 saturated carbocycles. The van der Waals surface area contributed by atoms with E-state index in [2.05, 4.69) is 5.32 Å². The highest BCUT2D eigenvalue weighted by Crippen LogP contribution is 2.35. The Morgan fingerprint density at radius 3 is 2.33 bits per heavy atom. The van der Waals surface area contributed by atoms with Crippen LogP contribution in [0.25, 0.3) is 0 Å². The van der Waals surface area contributed by atoms with Crippen molar-refractivity contribution in [3.63, 3.8) is 0 Å². The number of benzene rings is 1. The fourth-order valence-corrected chi connectivity index (χ4v) is 3.27. The third kappa shape index (κ3) is 5.87. The largest absolute Gasteiger partial charge is 0.444 e. The number of nitrogens with one attached hydrogen (secondary N) is 1. The van der Waals surface area contributed by atoms with Crippen LogP contribution in [0.15, 0.2) is 30.3 Å². The van der Waals surface area contributed by atoms with Crippen molar-refractivity contribution in [3.05, 3.63) is 35.9 Å². The zero-order valence-electron chi connectivity index (χ0n) is 15.8. The van der Waals surface area contributed by atoms with Gasteiger partial charge in [-0.05, 0) is 39.7 Å². The summed E-state index contributed by atoms with van der Waals surface area (Å²) >= 11 is 0. The quantitative estimate of drug-likeness (QED) is 0.859. The minimum Gasteiger partial charge on any atom is -0.444 e. The molecule has 1 heterocycles. The maximum absolute atomic E-state index is 13.0. The van der Waals surface area contributed by atoms with Crippen LogP contribution in [0.5, 0.6) is 0 Å². The Hall–Kier alpha value is -2.25. The molecule has 1 aliphatic rings. The lowest BCUT2D eigenvalue weighted by molar-refractivity contribution is -0.170. The molecule has 1 N–H and O–H groups in total. The number of amides is 2.